The number of rotatable bonds is 4. The van der Waals surface area contributed by atoms with Crippen LogP contribution in [-0.2, 0) is 4.43 Å². The van der Waals surface area contributed by atoms with E-state index in [9.17, 15) is 0 Å². The van der Waals surface area contributed by atoms with Crippen molar-refractivity contribution >= 4 is 20.6 Å². The van der Waals surface area contributed by atoms with Crippen molar-refractivity contribution < 1.29 is 4.43 Å². The maximum absolute atomic E-state index is 5.33. The first-order valence-corrected chi connectivity index (χ1v) is 5.30. The summed E-state index contributed by atoms with van der Waals surface area (Å²) in [5.74, 6) is 0. The van der Waals surface area contributed by atoms with E-state index in [4.69, 9.17) is 4.43 Å². The van der Waals surface area contributed by atoms with Crippen molar-refractivity contribution in [3.63, 3.8) is 0 Å². The second-order valence-corrected chi connectivity index (χ2v) is 4.05. The van der Waals surface area contributed by atoms with Crippen molar-refractivity contribution in [2.45, 2.75) is 6.92 Å². The Balaban J connectivity index is 2.59. The van der Waals surface area contributed by atoms with Crippen LogP contribution in [0.2, 0.25) is 0 Å². The minimum Gasteiger partial charge on any atom is -0.412 e. The van der Waals surface area contributed by atoms with Crippen molar-refractivity contribution in [3.8, 4) is 0 Å². The highest BCUT2D eigenvalue weighted by atomic mass is 28.2. The average molecular weight is 193 g/mol. The fraction of sp³-hybridized carbons (Fsp3) is 0.400. The molecule has 0 heterocycles. The van der Waals surface area contributed by atoms with Crippen LogP contribution in [0.1, 0.15) is 6.92 Å². The Labute approximate surface area is 82.5 Å². The van der Waals surface area contributed by atoms with Crippen LogP contribution in [0.5, 0.6) is 0 Å². The van der Waals surface area contributed by atoms with Gasteiger partial charge in [0.05, 0.1) is 0 Å². The van der Waals surface area contributed by atoms with E-state index in [2.05, 4.69) is 29.2 Å². The first-order chi connectivity index (χ1) is 6.24. The van der Waals surface area contributed by atoms with Crippen molar-refractivity contribution in [1.82, 2.24) is 0 Å². The summed E-state index contributed by atoms with van der Waals surface area (Å²) in [5, 5.41) is 1.26. The van der Waals surface area contributed by atoms with Gasteiger partial charge in [-0.05, 0) is 24.2 Å². The summed E-state index contributed by atoms with van der Waals surface area (Å²) in [7, 11) is 4.56. The van der Waals surface area contributed by atoms with E-state index in [0.29, 0.717) is 9.76 Å². The Morgan fingerprint density at radius 1 is 1.23 bits per heavy atom. The normalized spacial score (nSPS) is 10.1. The van der Waals surface area contributed by atoms with Gasteiger partial charge in [-0.25, -0.2) is 0 Å². The molecule has 1 aromatic rings. The van der Waals surface area contributed by atoms with E-state index in [1.54, 1.807) is 0 Å². The molecule has 0 aromatic heterocycles. The largest absolute Gasteiger partial charge is 0.412 e. The molecule has 3 heteroatoms. The summed E-state index contributed by atoms with van der Waals surface area (Å²) in [6.07, 6.45) is 0. The average Bonchev–Trinajstić information content (AvgIpc) is 2.15. The Bertz CT molecular complexity index is 246. The summed E-state index contributed by atoms with van der Waals surface area (Å²) in [4.78, 5) is 2.09. The summed E-state index contributed by atoms with van der Waals surface area (Å²) in [6.45, 7) is 2.80. The van der Waals surface area contributed by atoms with Gasteiger partial charge < -0.3 is 9.33 Å². The standard InChI is InChI=1S/C10H15NOSi/c1-4-12-13-10-7-5-9(6-8-10)11(2)3/h5-8H,4H2,1-3H3. The zero-order valence-corrected chi connectivity index (χ0v) is 9.37. The van der Waals surface area contributed by atoms with Crippen molar-refractivity contribution in [2.24, 2.45) is 0 Å². The number of nitrogens with zero attached hydrogens (tertiary/aromatic N) is 1. The maximum atomic E-state index is 5.33. The molecule has 0 amide bonds. The van der Waals surface area contributed by atoms with Crippen molar-refractivity contribution in [3.05, 3.63) is 24.3 Å². The third-order valence-corrected chi connectivity index (χ3v) is 2.72. The summed E-state index contributed by atoms with van der Waals surface area (Å²) < 4.78 is 5.33. The molecule has 0 atom stereocenters. The molecule has 70 valence electrons. The first-order valence-electron chi connectivity index (χ1n) is 4.39. The van der Waals surface area contributed by atoms with Gasteiger partial charge in [0, 0.05) is 26.4 Å². The van der Waals surface area contributed by atoms with Gasteiger partial charge in [-0.15, -0.1) is 0 Å². The molecule has 0 aliphatic carbocycles. The molecular weight excluding hydrogens is 178 g/mol. The predicted octanol–water partition coefficient (Wildman–Crippen LogP) is 1.03. The Morgan fingerprint density at radius 2 is 1.85 bits per heavy atom. The molecule has 0 saturated heterocycles. The van der Waals surface area contributed by atoms with Crippen LogP contribution in [0.15, 0.2) is 24.3 Å². The van der Waals surface area contributed by atoms with Gasteiger partial charge >= 0.3 is 0 Å². The lowest BCUT2D eigenvalue weighted by molar-refractivity contribution is 0.367. The van der Waals surface area contributed by atoms with Crippen molar-refractivity contribution in [2.75, 3.05) is 25.6 Å². The third-order valence-electron chi connectivity index (χ3n) is 1.72. The van der Waals surface area contributed by atoms with Crippen molar-refractivity contribution in [1.29, 1.82) is 0 Å². The van der Waals surface area contributed by atoms with Gasteiger partial charge in [0.2, 0.25) is 0 Å². The SMILES string of the molecule is CCO[Si]c1ccc(N(C)C)cc1. The van der Waals surface area contributed by atoms with Gasteiger partial charge in [-0.2, -0.15) is 0 Å². The van der Waals surface area contributed by atoms with Crippen LogP contribution in [0.3, 0.4) is 0 Å². The Morgan fingerprint density at radius 3 is 2.31 bits per heavy atom. The van der Waals surface area contributed by atoms with E-state index in [1.807, 2.05) is 21.0 Å². The maximum Gasteiger partial charge on any atom is 0.268 e. The quantitative estimate of drug-likeness (QED) is 0.662. The molecule has 0 unspecified atom stereocenters. The molecule has 0 fully saturated rings. The highest BCUT2D eigenvalue weighted by Crippen LogP contribution is 2.06. The van der Waals surface area contributed by atoms with Gasteiger partial charge in [-0.1, -0.05) is 12.1 Å². The highest BCUT2D eigenvalue weighted by Gasteiger charge is 1.97. The number of benzene rings is 1. The van der Waals surface area contributed by atoms with E-state index in [-0.39, 0.29) is 0 Å². The molecular formula is C10H15NOSi. The van der Waals surface area contributed by atoms with Gasteiger partial charge in [0.15, 0.2) is 0 Å². The fourth-order valence-corrected chi connectivity index (χ4v) is 1.60. The molecule has 0 spiro atoms. The Kier molecular flexibility index (Phi) is 3.99. The Hall–Kier alpha value is -0.803. The second-order valence-electron chi connectivity index (χ2n) is 2.98. The molecule has 2 radical (unpaired) electrons. The smallest absolute Gasteiger partial charge is 0.268 e. The zero-order valence-electron chi connectivity index (χ0n) is 8.37. The molecule has 0 aliphatic rings. The topological polar surface area (TPSA) is 12.5 Å². The molecule has 13 heavy (non-hydrogen) atoms. The van der Waals surface area contributed by atoms with Gasteiger partial charge in [0.25, 0.3) is 9.76 Å². The van der Waals surface area contributed by atoms with Crippen LogP contribution < -0.4 is 10.1 Å². The summed E-state index contributed by atoms with van der Waals surface area (Å²) in [6, 6.07) is 8.45. The first kappa shape index (κ1) is 10.3. The van der Waals surface area contributed by atoms with E-state index in [0.717, 1.165) is 6.61 Å². The second kappa shape index (κ2) is 5.04. The van der Waals surface area contributed by atoms with Crippen LogP contribution in [-0.4, -0.2) is 30.5 Å². The number of anilines is 1. The number of hydrogen-bond acceptors (Lipinski definition) is 2. The third kappa shape index (κ3) is 3.20. The molecule has 0 saturated carbocycles. The zero-order chi connectivity index (χ0) is 9.68. The summed E-state index contributed by atoms with van der Waals surface area (Å²) in [5.41, 5.74) is 1.23. The minimum atomic E-state index is 0.476. The molecule has 0 N–H and O–H groups in total. The number of hydrogen-bond donors (Lipinski definition) is 0. The fourth-order valence-electron chi connectivity index (χ4n) is 0.983. The predicted molar refractivity (Wildman–Crippen MR) is 57.8 cm³/mol. The monoisotopic (exact) mass is 193 g/mol. The lowest BCUT2D eigenvalue weighted by Crippen LogP contribution is -2.18. The lowest BCUT2D eigenvalue weighted by atomic mass is 10.3. The van der Waals surface area contributed by atoms with Gasteiger partial charge in [-0.3, -0.25) is 0 Å². The van der Waals surface area contributed by atoms with Crippen LogP contribution in [0, 0.1) is 0 Å². The van der Waals surface area contributed by atoms with Crippen LogP contribution in [0.25, 0.3) is 0 Å². The molecule has 2 nitrogen and oxygen atoms in total. The molecule has 1 rings (SSSR count). The molecule has 1 aromatic carbocycles. The lowest BCUT2D eigenvalue weighted by Gasteiger charge is -2.12. The molecule has 0 aliphatic heterocycles. The minimum absolute atomic E-state index is 0.476. The summed E-state index contributed by atoms with van der Waals surface area (Å²) >= 11 is 0. The van der Waals surface area contributed by atoms with Crippen LogP contribution >= 0.6 is 0 Å². The van der Waals surface area contributed by atoms with Gasteiger partial charge in [0.1, 0.15) is 0 Å². The van der Waals surface area contributed by atoms with E-state index in [1.165, 1.54) is 10.9 Å². The van der Waals surface area contributed by atoms with Crippen LogP contribution in [0.4, 0.5) is 5.69 Å². The van der Waals surface area contributed by atoms with E-state index >= 15 is 0 Å². The highest BCUT2D eigenvalue weighted by molar-refractivity contribution is 6.46. The van der Waals surface area contributed by atoms with E-state index < -0.39 is 0 Å². The molecule has 0 bridgehead atoms.